The molecule has 9 heteroatoms. The first-order valence-corrected chi connectivity index (χ1v) is 16.3. The van der Waals surface area contributed by atoms with Crippen molar-refractivity contribution in [2.75, 3.05) is 30.8 Å². The number of anilines is 1. The number of hydrogen-bond donors (Lipinski definition) is 1. The van der Waals surface area contributed by atoms with E-state index in [0.29, 0.717) is 24.4 Å². The molecular weight excluding hydrogens is 550 g/mol. The molecule has 0 saturated heterocycles. The van der Waals surface area contributed by atoms with Crippen LogP contribution in [0.4, 0.5) is 5.69 Å². The van der Waals surface area contributed by atoms with Gasteiger partial charge >= 0.3 is 0 Å². The lowest BCUT2D eigenvalue weighted by atomic mass is 10.0. The van der Waals surface area contributed by atoms with E-state index in [1.165, 1.54) is 11.4 Å². The molecule has 1 atom stereocenters. The zero-order valence-corrected chi connectivity index (χ0v) is 25.9. The van der Waals surface area contributed by atoms with Crippen LogP contribution in [0.1, 0.15) is 49.3 Å². The first-order chi connectivity index (χ1) is 20.2. The summed E-state index contributed by atoms with van der Waals surface area (Å²) >= 11 is 0. The largest absolute Gasteiger partial charge is 0.495 e. The van der Waals surface area contributed by atoms with Gasteiger partial charge in [0.25, 0.3) is 0 Å². The van der Waals surface area contributed by atoms with Crippen molar-refractivity contribution < 1.29 is 22.7 Å². The molecule has 0 heterocycles. The summed E-state index contributed by atoms with van der Waals surface area (Å²) in [6.45, 7) is 4.95. The van der Waals surface area contributed by atoms with Crippen molar-refractivity contribution in [3.05, 3.63) is 95.6 Å². The van der Waals surface area contributed by atoms with Crippen LogP contribution in [0.25, 0.3) is 0 Å². The van der Waals surface area contributed by atoms with Crippen molar-refractivity contribution in [2.24, 2.45) is 0 Å². The van der Waals surface area contributed by atoms with Gasteiger partial charge in [-0.15, -0.1) is 0 Å². The highest BCUT2D eigenvalue weighted by molar-refractivity contribution is 7.92. The minimum atomic E-state index is -3.64. The summed E-state index contributed by atoms with van der Waals surface area (Å²) in [5.74, 6) is 0.0291. The van der Waals surface area contributed by atoms with Crippen LogP contribution in [0.3, 0.4) is 0 Å². The van der Waals surface area contributed by atoms with Gasteiger partial charge in [0.2, 0.25) is 21.8 Å². The number of unbranched alkanes of at least 4 members (excludes halogenated alkanes) is 1. The molecule has 2 amide bonds. The van der Waals surface area contributed by atoms with Gasteiger partial charge in [0.1, 0.15) is 11.8 Å². The van der Waals surface area contributed by atoms with Crippen LogP contribution in [0, 0.1) is 6.92 Å². The van der Waals surface area contributed by atoms with Gasteiger partial charge in [0.15, 0.2) is 0 Å². The first kappa shape index (κ1) is 32.7. The topological polar surface area (TPSA) is 96.0 Å². The fraction of sp³-hybridized carbons (Fsp3) is 0.394. The van der Waals surface area contributed by atoms with Crippen molar-refractivity contribution >= 4 is 27.5 Å². The van der Waals surface area contributed by atoms with Crippen molar-refractivity contribution in [1.29, 1.82) is 0 Å². The van der Waals surface area contributed by atoms with Gasteiger partial charge in [-0.25, -0.2) is 8.42 Å². The van der Waals surface area contributed by atoms with Gasteiger partial charge in [-0.3, -0.25) is 13.9 Å². The summed E-state index contributed by atoms with van der Waals surface area (Å²) in [6.07, 6.45) is 3.64. The van der Waals surface area contributed by atoms with Crippen LogP contribution in [0.2, 0.25) is 0 Å². The molecule has 8 nitrogen and oxygen atoms in total. The number of aryl methyl sites for hydroxylation is 1. The molecule has 0 radical (unpaired) electrons. The fourth-order valence-electron chi connectivity index (χ4n) is 4.85. The van der Waals surface area contributed by atoms with E-state index in [9.17, 15) is 18.0 Å². The lowest BCUT2D eigenvalue weighted by molar-refractivity contribution is -0.141. The molecule has 0 aliphatic rings. The summed E-state index contributed by atoms with van der Waals surface area (Å²) in [6, 6.07) is 23.7. The molecule has 0 unspecified atom stereocenters. The van der Waals surface area contributed by atoms with E-state index in [-0.39, 0.29) is 37.7 Å². The number of carbonyl (C=O) groups is 2. The molecule has 42 heavy (non-hydrogen) atoms. The maximum absolute atomic E-state index is 14.0. The van der Waals surface area contributed by atoms with E-state index in [2.05, 4.69) is 12.2 Å². The summed E-state index contributed by atoms with van der Waals surface area (Å²) in [7, 11) is -2.15. The van der Waals surface area contributed by atoms with Gasteiger partial charge < -0.3 is 15.0 Å². The number of amides is 2. The van der Waals surface area contributed by atoms with Crippen LogP contribution in [0.15, 0.2) is 78.9 Å². The van der Waals surface area contributed by atoms with E-state index in [1.54, 1.807) is 29.2 Å². The highest BCUT2D eigenvalue weighted by Gasteiger charge is 2.31. The average Bonchev–Trinajstić information content (AvgIpc) is 2.98. The first-order valence-electron chi connectivity index (χ1n) is 14.4. The number of rotatable bonds is 16. The van der Waals surface area contributed by atoms with Gasteiger partial charge in [-0.05, 0) is 48.6 Å². The van der Waals surface area contributed by atoms with Crippen LogP contribution in [-0.2, 0) is 32.6 Å². The summed E-state index contributed by atoms with van der Waals surface area (Å²) in [4.78, 5) is 29.2. The third-order valence-corrected chi connectivity index (χ3v) is 8.39. The molecule has 0 aliphatic heterocycles. The standard InChI is InChI=1S/C33H43N3O5S/c1-5-6-22-34-33(38)30(24-27-16-8-7-9-17-27)35(25-28-18-11-10-15-26(28)2)32(37)21-14-23-36(42(4,39)40)29-19-12-13-20-31(29)41-3/h7-13,15-20,30H,5-6,14,21-25H2,1-4H3,(H,34,38)/t30-/m1/s1. The molecule has 3 rings (SSSR count). The quantitative estimate of drug-likeness (QED) is 0.233. The van der Waals surface area contributed by atoms with E-state index in [0.717, 1.165) is 35.8 Å². The third kappa shape index (κ3) is 9.34. The molecule has 0 spiro atoms. The van der Waals surface area contributed by atoms with E-state index in [1.807, 2.05) is 61.5 Å². The second-order valence-electron chi connectivity index (χ2n) is 10.4. The molecule has 0 aromatic heterocycles. The Balaban J connectivity index is 1.89. The molecule has 0 bridgehead atoms. The van der Waals surface area contributed by atoms with Gasteiger partial charge in [0.05, 0.1) is 19.1 Å². The number of sulfonamides is 1. The third-order valence-electron chi connectivity index (χ3n) is 7.21. The predicted molar refractivity (Wildman–Crippen MR) is 168 cm³/mol. The van der Waals surface area contributed by atoms with Crippen molar-refractivity contribution in [3.63, 3.8) is 0 Å². The van der Waals surface area contributed by atoms with E-state index in [4.69, 9.17) is 4.74 Å². The van der Waals surface area contributed by atoms with Crippen LogP contribution < -0.4 is 14.4 Å². The SMILES string of the molecule is CCCCNC(=O)[C@@H](Cc1ccccc1)N(Cc1ccccc1C)C(=O)CCCN(c1ccccc1OC)S(C)(=O)=O. The number of benzene rings is 3. The van der Waals surface area contributed by atoms with Crippen molar-refractivity contribution in [2.45, 2.75) is 58.5 Å². The summed E-state index contributed by atoms with van der Waals surface area (Å²) in [5.41, 5.74) is 3.36. The number of methoxy groups -OCH3 is 1. The zero-order chi connectivity index (χ0) is 30.5. The van der Waals surface area contributed by atoms with Crippen LogP contribution in [-0.4, -0.2) is 57.6 Å². The lowest BCUT2D eigenvalue weighted by Gasteiger charge is -2.32. The highest BCUT2D eigenvalue weighted by atomic mass is 32.2. The Morgan fingerprint density at radius 2 is 1.60 bits per heavy atom. The number of hydrogen-bond acceptors (Lipinski definition) is 5. The summed E-state index contributed by atoms with van der Waals surface area (Å²) in [5, 5.41) is 3.03. The monoisotopic (exact) mass is 593 g/mol. The fourth-order valence-corrected chi connectivity index (χ4v) is 5.82. The molecular formula is C33H43N3O5S. The molecule has 0 saturated carbocycles. The highest BCUT2D eigenvalue weighted by Crippen LogP contribution is 2.30. The summed E-state index contributed by atoms with van der Waals surface area (Å²) < 4.78 is 32.1. The molecule has 226 valence electrons. The maximum atomic E-state index is 14.0. The Morgan fingerprint density at radius 1 is 0.929 bits per heavy atom. The minimum Gasteiger partial charge on any atom is -0.495 e. The van der Waals surface area contributed by atoms with E-state index < -0.39 is 16.1 Å². The Labute approximate surface area is 250 Å². The minimum absolute atomic E-state index is 0.0700. The number of ether oxygens (including phenoxy) is 1. The Morgan fingerprint density at radius 3 is 2.26 bits per heavy atom. The number of nitrogens with one attached hydrogen (secondary N) is 1. The molecule has 3 aromatic rings. The van der Waals surface area contributed by atoms with Crippen LogP contribution in [0.5, 0.6) is 5.75 Å². The average molecular weight is 594 g/mol. The Bertz CT molecular complexity index is 1410. The number of carbonyl (C=O) groups excluding carboxylic acids is 2. The maximum Gasteiger partial charge on any atom is 0.243 e. The van der Waals surface area contributed by atoms with Gasteiger partial charge in [-0.2, -0.15) is 0 Å². The van der Waals surface area contributed by atoms with E-state index >= 15 is 0 Å². The van der Waals surface area contributed by atoms with Crippen LogP contribution >= 0.6 is 0 Å². The predicted octanol–water partition coefficient (Wildman–Crippen LogP) is 5.11. The molecule has 3 aromatic carbocycles. The molecule has 1 N–H and O–H groups in total. The van der Waals surface area contributed by atoms with Gasteiger partial charge in [0, 0.05) is 32.5 Å². The van der Waals surface area contributed by atoms with Gasteiger partial charge in [-0.1, -0.05) is 80.1 Å². The number of nitrogens with zero attached hydrogens (tertiary/aromatic N) is 2. The molecule has 0 aliphatic carbocycles. The van der Waals surface area contributed by atoms with Crippen molar-refractivity contribution in [3.8, 4) is 5.75 Å². The lowest BCUT2D eigenvalue weighted by Crippen LogP contribution is -2.50. The normalized spacial score (nSPS) is 11.9. The zero-order valence-electron chi connectivity index (χ0n) is 25.1. The second kappa shape index (κ2) is 16.0. The molecule has 0 fully saturated rings. The number of para-hydroxylation sites is 2. The Hall–Kier alpha value is -3.85. The Kier molecular flexibility index (Phi) is 12.4. The van der Waals surface area contributed by atoms with Crippen molar-refractivity contribution in [1.82, 2.24) is 10.2 Å². The second-order valence-corrected chi connectivity index (χ2v) is 12.3. The smallest absolute Gasteiger partial charge is 0.243 e.